The predicted octanol–water partition coefficient (Wildman–Crippen LogP) is 5.95. The Morgan fingerprint density at radius 3 is 2.57 bits per heavy atom. The Labute approximate surface area is 212 Å². The highest BCUT2D eigenvalue weighted by Crippen LogP contribution is 2.41. The van der Waals surface area contributed by atoms with Crippen molar-refractivity contribution < 1.29 is 9.21 Å². The van der Waals surface area contributed by atoms with Gasteiger partial charge in [0.25, 0.3) is 5.91 Å². The highest BCUT2D eigenvalue weighted by molar-refractivity contribution is 6.10. The van der Waals surface area contributed by atoms with Gasteiger partial charge in [0.2, 0.25) is 0 Å². The monoisotopic (exact) mass is 486 g/mol. The Balaban J connectivity index is 1.38. The number of hydrogen-bond acceptors (Lipinski definition) is 7. The van der Waals surface area contributed by atoms with E-state index in [0.717, 1.165) is 38.9 Å². The fraction of sp³-hybridized carbons (Fsp3) is 0.0345. The number of amides is 1. The molecule has 0 spiro atoms. The molecule has 8 nitrogen and oxygen atoms in total. The molecule has 0 saturated heterocycles. The lowest BCUT2D eigenvalue weighted by atomic mass is 10.1. The van der Waals surface area contributed by atoms with Gasteiger partial charge in [-0.05, 0) is 54.1 Å². The number of benzene rings is 3. The van der Waals surface area contributed by atoms with Crippen molar-refractivity contribution in [1.82, 2.24) is 15.0 Å². The lowest BCUT2D eigenvalue weighted by Gasteiger charge is -2.24. The molecule has 0 unspecified atom stereocenters. The summed E-state index contributed by atoms with van der Waals surface area (Å²) in [4.78, 5) is 27.4. The van der Waals surface area contributed by atoms with Crippen LogP contribution in [0.25, 0.3) is 21.9 Å². The first kappa shape index (κ1) is 22.4. The summed E-state index contributed by atoms with van der Waals surface area (Å²) in [6.45, 7) is 0.319. The Hall–Kier alpha value is -5.08. The molecule has 3 aromatic heterocycles. The van der Waals surface area contributed by atoms with Crippen molar-refractivity contribution in [2.45, 2.75) is 6.54 Å². The van der Waals surface area contributed by atoms with Crippen LogP contribution in [0.3, 0.4) is 0 Å². The maximum atomic E-state index is 12.7. The lowest BCUT2D eigenvalue weighted by molar-refractivity contribution is 0.102. The fourth-order valence-electron chi connectivity index (χ4n) is 4.34. The third kappa shape index (κ3) is 4.26. The molecule has 0 fully saturated rings. The third-order valence-electron chi connectivity index (χ3n) is 6.10. The van der Waals surface area contributed by atoms with Crippen LogP contribution in [0.1, 0.15) is 15.9 Å². The van der Waals surface area contributed by atoms with E-state index in [9.17, 15) is 4.79 Å². The van der Waals surface area contributed by atoms with Crippen molar-refractivity contribution in [3.63, 3.8) is 0 Å². The van der Waals surface area contributed by atoms with Crippen LogP contribution >= 0.6 is 0 Å². The number of fused-ring (bicyclic) bond motifs is 3. The smallest absolute Gasteiger partial charge is 0.257 e. The van der Waals surface area contributed by atoms with Crippen molar-refractivity contribution >= 4 is 50.7 Å². The lowest BCUT2D eigenvalue weighted by Crippen LogP contribution is -2.14. The Morgan fingerprint density at radius 2 is 1.76 bits per heavy atom. The number of furan rings is 1. The molecule has 3 heterocycles. The standard InChI is InChI=1S/C29H22N6O2/c30-15-19-14-20(17-32-16-19)29(36)34-21-8-10-22(11-9-21)35(27-12-13-31-18-33-27)25-6-3-5-24-23-4-1-2-7-26(23)37-28(24)25/h1-14,16-18H,15,30H2,(H,34,36). The summed E-state index contributed by atoms with van der Waals surface area (Å²) in [7, 11) is 0. The molecule has 0 aliphatic carbocycles. The Bertz CT molecular complexity index is 1710. The van der Waals surface area contributed by atoms with Gasteiger partial charge in [0.15, 0.2) is 5.58 Å². The highest BCUT2D eigenvalue weighted by Gasteiger charge is 2.20. The third-order valence-corrected chi connectivity index (χ3v) is 6.10. The second-order valence-corrected chi connectivity index (χ2v) is 8.44. The van der Waals surface area contributed by atoms with Gasteiger partial charge < -0.3 is 15.5 Å². The number of carbonyl (C=O) groups is 1. The Morgan fingerprint density at radius 1 is 0.919 bits per heavy atom. The first-order chi connectivity index (χ1) is 18.2. The molecule has 0 aliphatic heterocycles. The van der Waals surface area contributed by atoms with E-state index in [0.29, 0.717) is 23.6 Å². The summed E-state index contributed by atoms with van der Waals surface area (Å²) in [5.41, 5.74) is 10.8. The highest BCUT2D eigenvalue weighted by atomic mass is 16.3. The van der Waals surface area contributed by atoms with Gasteiger partial charge in [-0.15, -0.1) is 0 Å². The Kier molecular flexibility index (Phi) is 5.76. The van der Waals surface area contributed by atoms with Gasteiger partial charge in [0, 0.05) is 47.3 Å². The van der Waals surface area contributed by atoms with Gasteiger partial charge in [-0.2, -0.15) is 0 Å². The molecule has 0 saturated carbocycles. The fourth-order valence-corrected chi connectivity index (χ4v) is 4.34. The summed E-state index contributed by atoms with van der Waals surface area (Å²) in [6, 6.07) is 25.2. The molecular weight excluding hydrogens is 464 g/mol. The maximum Gasteiger partial charge on any atom is 0.257 e. The zero-order chi connectivity index (χ0) is 25.2. The molecule has 6 aromatic rings. The number of pyridine rings is 1. The number of rotatable bonds is 6. The number of anilines is 4. The molecule has 6 rings (SSSR count). The van der Waals surface area contributed by atoms with Crippen LogP contribution in [0.5, 0.6) is 0 Å². The van der Waals surface area contributed by atoms with Gasteiger partial charge in [-0.3, -0.25) is 14.7 Å². The number of aromatic nitrogens is 3. The van der Waals surface area contributed by atoms with E-state index in [1.165, 1.54) is 12.5 Å². The number of nitrogens with one attached hydrogen (secondary N) is 1. The normalized spacial score (nSPS) is 11.1. The van der Waals surface area contributed by atoms with Crippen molar-refractivity contribution in [1.29, 1.82) is 0 Å². The minimum Gasteiger partial charge on any atom is -0.454 e. The summed E-state index contributed by atoms with van der Waals surface area (Å²) >= 11 is 0. The summed E-state index contributed by atoms with van der Waals surface area (Å²) in [6.07, 6.45) is 6.38. The topological polar surface area (TPSA) is 110 Å². The number of para-hydroxylation sites is 2. The maximum absolute atomic E-state index is 12.7. The molecule has 3 aromatic carbocycles. The van der Waals surface area contributed by atoms with Crippen LogP contribution in [0.15, 0.2) is 108 Å². The van der Waals surface area contributed by atoms with Crippen LogP contribution in [0.4, 0.5) is 22.9 Å². The van der Waals surface area contributed by atoms with Crippen LogP contribution in [-0.2, 0) is 6.54 Å². The number of hydrogen-bond donors (Lipinski definition) is 2. The van der Waals surface area contributed by atoms with Crippen molar-refractivity contribution in [3.8, 4) is 0 Å². The van der Waals surface area contributed by atoms with E-state index in [4.69, 9.17) is 10.2 Å². The van der Waals surface area contributed by atoms with Crippen molar-refractivity contribution in [2.75, 3.05) is 10.2 Å². The summed E-state index contributed by atoms with van der Waals surface area (Å²) in [5.74, 6) is 0.430. The largest absolute Gasteiger partial charge is 0.454 e. The zero-order valence-corrected chi connectivity index (χ0v) is 19.7. The van der Waals surface area contributed by atoms with Gasteiger partial charge in [0.1, 0.15) is 17.7 Å². The quantitative estimate of drug-likeness (QED) is 0.299. The minimum absolute atomic E-state index is 0.254. The van der Waals surface area contributed by atoms with Crippen LogP contribution in [0.2, 0.25) is 0 Å². The van der Waals surface area contributed by atoms with E-state index in [1.54, 1.807) is 18.5 Å². The van der Waals surface area contributed by atoms with Crippen LogP contribution in [0, 0.1) is 0 Å². The predicted molar refractivity (Wildman–Crippen MR) is 144 cm³/mol. The molecule has 180 valence electrons. The van der Waals surface area contributed by atoms with Crippen molar-refractivity contribution in [2.24, 2.45) is 5.73 Å². The van der Waals surface area contributed by atoms with Gasteiger partial charge >= 0.3 is 0 Å². The minimum atomic E-state index is -0.254. The second-order valence-electron chi connectivity index (χ2n) is 8.44. The van der Waals surface area contributed by atoms with Gasteiger partial charge in [0.05, 0.1) is 11.3 Å². The van der Waals surface area contributed by atoms with E-state index in [-0.39, 0.29) is 5.91 Å². The average molecular weight is 487 g/mol. The molecular formula is C29H22N6O2. The van der Waals surface area contributed by atoms with E-state index in [1.807, 2.05) is 65.6 Å². The summed E-state index contributed by atoms with van der Waals surface area (Å²) in [5, 5.41) is 4.99. The van der Waals surface area contributed by atoms with E-state index in [2.05, 4.69) is 32.4 Å². The first-order valence-corrected chi connectivity index (χ1v) is 11.7. The average Bonchev–Trinajstić information content (AvgIpc) is 3.34. The van der Waals surface area contributed by atoms with Crippen LogP contribution in [-0.4, -0.2) is 20.9 Å². The molecule has 0 atom stereocenters. The molecule has 0 radical (unpaired) electrons. The molecule has 8 heteroatoms. The second kappa shape index (κ2) is 9.52. The molecule has 37 heavy (non-hydrogen) atoms. The van der Waals surface area contributed by atoms with Crippen molar-refractivity contribution in [3.05, 3.63) is 115 Å². The number of nitrogens with zero attached hydrogens (tertiary/aromatic N) is 4. The molecule has 3 N–H and O–H groups in total. The first-order valence-electron chi connectivity index (χ1n) is 11.7. The molecule has 1 amide bonds. The van der Waals surface area contributed by atoms with E-state index >= 15 is 0 Å². The molecule has 0 bridgehead atoms. The van der Waals surface area contributed by atoms with Crippen LogP contribution < -0.4 is 16.0 Å². The van der Waals surface area contributed by atoms with Gasteiger partial charge in [-0.1, -0.05) is 30.3 Å². The SMILES string of the molecule is NCc1cncc(C(=O)Nc2ccc(N(c3ccncn3)c3cccc4c3oc3ccccc34)cc2)c1. The zero-order valence-electron chi connectivity index (χ0n) is 19.7. The molecule has 0 aliphatic rings. The number of carbonyl (C=O) groups excluding carboxylic acids is 1. The van der Waals surface area contributed by atoms with E-state index < -0.39 is 0 Å². The summed E-state index contributed by atoms with van der Waals surface area (Å²) < 4.78 is 6.29. The van der Waals surface area contributed by atoms with Gasteiger partial charge in [-0.25, -0.2) is 9.97 Å². The number of nitrogens with two attached hydrogens (primary N) is 1.